The highest BCUT2D eigenvalue weighted by molar-refractivity contribution is 6.15. The minimum absolute atomic E-state index is 0.0836. The third-order valence-corrected chi connectivity index (χ3v) is 3.34. The largest absolute Gasteiger partial charge is 0.465 e. The van der Waals surface area contributed by atoms with E-state index in [1.54, 1.807) is 32.9 Å². The van der Waals surface area contributed by atoms with E-state index in [0.29, 0.717) is 22.6 Å². The lowest BCUT2D eigenvalue weighted by atomic mass is 10.0. The standard InChI is InChI=1S/C17H16N2O4/c1-4-22-17(21)14-10(2)15(19-11(14)3)16(20)12(9-18)8-13-6-5-7-23-13/h5-8,19H,4H2,1-3H3/b12-8+. The number of nitrogens with zero attached hydrogens (tertiary/aromatic N) is 1. The van der Waals surface area contributed by atoms with Crippen molar-refractivity contribution in [1.29, 1.82) is 5.26 Å². The van der Waals surface area contributed by atoms with Crippen molar-refractivity contribution < 1.29 is 18.7 Å². The van der Waals surface area contributed by atoms with Gasteiger partial charge in [-0.1, -0.05) is 0 Å². The van der Waals surface area contributed by atoms with Crippen LogP contribution in [0.1, 0.15) is 44.8 Å². The Labute approximate surface area is 133 Å². The second-order valence-electron chi connectivity index (χ2n) is 4.86. The summed E-state index contributed by atoms with van der Waals surface area (Å²) in [6.45, 7) is 5.28. The fourth-order valence-electron chi connectivity index (χ4n) is 2.29. The Hall–Kier alpha value is -3.07. The molecule has 1 N–H and O–H groups in total. The fraction of sp³-hybridized carbons (Fsp3) is 0.235. The Morgan fingerprint density at radius 1 is 1.43 bits per heavy atom. The maximum atomic E-state index is 12.6. The molecule has 0 fully saturated rings. The molecule has 0 aliphatic rings. The zero-order valence-corrected chi connectivity index (χ0v) is 13.1. The number of H-pyrrole nitrogens is 1. The van der Waals surface area contributed by atoms with Gasteiger partial charge < -0.3 is 14.1 Å². The predicted molar refractivity (Wildman–Crippen MR) is 82.9 cm³/mol. The van der Waals surface area contributed by atoms with Gasteiger partial charge in [-0.2, -0.15) is 5.26 Å². The summed E-state index contributed by atoms with van der Waals surface area (Å²) in [5.41, 5.74) is 1.43. The molecule has 0 aromatic carbocycles. The zero-order valence-electron chi connectivity index (χ0n) is 13.1. The summed E-state index contributed by atoms with van der Waals surface area (Å²) in [5.74, 6) is -0.590. The van der Waals surface area contributed by atoms with Crippen LogP contribution in [0.15, 0.2) is 28.4 Å². The number of hydrogen-bond donors (Lipinski definition) is 1. The molecule has 0 bridgehead atoms. The number of nitrogens with one attached hydrogen (secondary N) is 1. The van der Waals surface area contributed by atoms with Crippen molar-refractivity contribution in [1.82, 2.24) is 4.98 Å². The summed E-state index contributed by atoms with van der Waals surface area (Å²) >= 11 is 0. The maximum absolute atomic E-state index is 12.6. The third kappa shape index (κ3) is 3.24. The van der Waals surface area contributed by atoms with Crippen LogP contribution in [0.2, 0.25) is 0 Å². The van der Waals surface area contributed by atoms with Gasteiger partial charge in [0.2, 0.25) is 5.78 Å². The first-order valence-electron chi connectivity index (χ1n) is 7.05. The summed E-state index contributed by atoms with van der Waals surface area (Å²) in [4.78, 5) is 27.4. The number of furan rings is 1. The van der Waals surface area contributed by atoms with Gasteiger partial charge in [0.25, 0.3) is 0 Å². The number of hydrogen-bond acceptors (Lipinski definition) is 5. The molecule has 6 nitrogen and oxygen atoms in total. The van der Waals surface area contributed by atoms with Gasteiger partial charge in [0.05, 0.1) is 24.1 Å². The lowest BCUT2D eigenvalue weighted by molar-refractivity contribution is 0.0525. The summed E-state index contributed by atoms with van der Waals surface area (Å²) < 4.78 is 10.1. The van der Waals surface area contributed by atoms with Crippen LogP contribution in [-0.2, 0) is 4.74 Å². The molecule has 6 heteroatoms. The van der Waals surface area contributed by atoms with Gasteiger partial charge >= 0.3 is 5.97 Å². The van der Waals surface area contributed by atoms with E-state index in [9.17, 15) is 14.9 Å². The van der Waals surface area contributed by atoms with Gasteiger partial charge in [0, 0.05) is 11.8 Å². The molecule has 0 saturated carbocycles. The van der Waals surface area contributed by atoms with Crippen molar-refractivity contribution in [3.05, 3.63) is 52.2 Å². The first-order valence-corrected chi connectivity index (χ1v) is 7.05. The Kier molecular flexibility index (Phi) is 4.82. The molecule has 0 aliphatic heterocycles. The van der Waals surface area contributed by atoms with Crippen LogP contribution in [0.3, 0.4) is 0 Å². The van der Waals surface area contributed by atoms with Crippen molar-refractivity contribution in [3.8, 4) is 6.07 Å². The molecule has 2 heterocycles. The van der Waals surface area contributed by atoms with Crippen LogP contribution < -0.4 is 0 Å². The number of Topliss-reactive ketones (excluding diaryl/α,β-unsaturated/α-hetero) is 1. The average Bonchev–Trinajstić information content (AvgIpc) is 3.12. The number of rotatable bonds is 5. The lowest BCUT2D eigenvalue weighted by Gasteiger charge is -2.02. The van der Waals surface area contributed by atoms with E-state index in [-0.39, 0.29) is 17.9 Å². The van der Waals surface area contributed by atoms with E-state index in [1.165, 1.54) is 12.3 Å². The van der Waals surface area contributed by atoms with Gasteiger partial charge in [0.1, 0.15) is 17.4 Å². The first-order chi connectivity index (χ1) is 11.0. The number of carbonyl (C=O) groups is 2. The Morgan fingerprint density at radius 2 is 2.17 bits per heavy atom. The number of aromatic amines is 1. The molecule has 23 heavy (non-hydrogen) atoms. The third-order valence-electron chi connectivity index (χ3n) is 3.34. The second-order valence-corrected chi connectivity index (χ2v) is 4.86. The average molecular weight is 312 g/mol. The van der Waals surface area contributed by atoms with Crippen LogP contribution in [0.25, 0.3) is 6.08 Å². The summed E-state index contributed by atoms with van der Waals surface area (Å²) in [5, 5.41) is 9.23. The highest BCUT2D eigenvalue weighted by Gasteiger charge is 2.24. The number of allylic oxidation sites excluding steroid dienone is 1. The highest BCUT2D eigenvalue weighted by Crippen LogP contribution is 2.22. The molecular weight excluding hydrogens is 296 g/mol. The van der Waals surface area contributed by atoms with Crippen LogP contribution in [-0.4, -0.2) is 23.3 Å². The minimum Gasteiger partial charge on any atom is -0.465 e. The van der Waals surface area contributed by atoms with Gasteiger partial charge in [-0.15, -0.1) is 0 Å². The van der Waals surface area contributed by atoms with Crippen molar-refractivity contribution in [2.75, 3.05) is 6.61 Å². The molecule has 118 valence electrons. The van der Waals surface area contributed by atoms with Crippen molar-refractivity contribution >= 4 is 17.8 Å². The van der Waals surface area contributed by atoms with Crippen LogP contribution in [0.4, 0.5) is 0 Å². The Balaban J connectivity index is 2.42. The topological polar surface area (TPSA) is 96.1 Å². The van der Waals surface area contributed by atoms with E-state index in [1.807, 2.05) is 6.07 Å². The zero-order chi connectivity index (χ0) is 17.0. The molecule has 0 atom stereocenters. The molecule has 2 rings (SSSR count). The van der Waals surface area contributed by atoms with Crippen molar-refractivity contribution in [2.24, 2.45) is 0 Å². The summed E-state index contributed by atoms with van der Waals surface area (Å²) in [7, 11) is 0. The normalized spacial score (nSPS) is 11.1. The number of ketones is 1. The molecule has 0 unspecified atom stereocenters. The van der Waals surface area contributed by atoms with E-state index in [2.05, 4.69) is 4.98 Å². The maximum Gasteiger partial charge on any atom is 0.340 e. The van der Waals surface area contributed by atoms with Crippen molar-refractivity contribution in [3.63, 3.8) is 0 Å². The summed E-state index contributed by atoms with van der Waals surface area (Å²) in [6, 6.07) is 5.17. The number of nitriles is 1. The van der Waals surface area contributed by atoms with Gasteiger partial charge in [-0.05, 0) is 38.5 Å². The van der Waals surface area contributed by atoms with Crippen LogP contribution >= 0.6 is 0 Å². The monoisotopic (exact) mass is 312 g/mol. The van der Waals surface area contributed by atoms with E-state index in [0.717, 1.165) is 0 Å². The Morgan fingerprint density at radius 3 is 2.74 bits per heavy atom. The number of ether oxygens (including phenoxy) is 1. The van der Waals surface area contributed by atoms with E-state index >= 15 is 0 Å². The van der Waals surface area contributed by atoms with Gasteiger partial charge in [0.15, 0.2) is 0 Å². The first kappa shape index (κ1) is 16.3. The summed E-state index contributed by atoms with van der Waals surface area (Å²) in [6.07, 6.45) is 2.82. The van der Waals surface area contributed by atoms with Gasteiger partial charge in [-0.25, -0.2) is 4.79 Å². The van der Waals surface area contributed by atoms with Gasteiger partial charge in [-0.3, -0.25) is 4.79 Å². The molecular formula is C17H16N2O4. The number of aromatic nitrogens is 1. The fourth-order valence-corrected chi connectivity index (χ4v) is 2.29. The molecule has 0 radical (unpaired) electrons. The molecule has 2 aromatic rings. The molecule has 0 amide bonds. The van der Waals surface area contributed by atoms with E-state index < -0.39 is 11.8 Å². The number of esters is 1. The smallest absolute Gasteiger partial charge is 0.340 e. The van der Waals surface area contributed by atoms with E-state index in [4.69, 9.17) is 9.15 Å². The minimum atomic E-state index is -0.500. The molecule has 0 spiro atoms. The highest BCUT2D eigenvalue weighted by atomic mass is 16.5. The lowest BCUT2D eigenvalue weighted by Crippen LogP contribution is -2.08. The quantitative estimate of drug-likeness (QED) is 0.396. The second kappa shape index (κ2) is 6.79. The molecule has 0 aliphatic carbocycles. The predicted octanol–water partition coefficient (Wildman–Crippen LogP) is 3.19. The van der Waals surface area contributed by atoms with Crippen LogP contribution in [0, 0.1) is 25.2 Å². The van der Waals surface area contributed by atoms with Crippen LogP contribution in [0.5, 0.6) is 0 Å². The SMILES string of the molecule is CCOC(=O)c1c(C)[nH]c(C(=O)/C(C#N)=C/c2ccco2)c1C. The molecule has 0 saturated heterocycles. The number of carbonyl (C=O) groups excluding carboxylic acids is 2. The Bertz CT molecular complexity index is 805. The van der Waals surface area contributed by atoms with Crippen molar-refractivity contribution in [2.45, 2.75) is 20.8 Å². The molecule has 2 aromatic heterocycles. The number of aryl methyl sites for hydroxylation is 1.